The van der Waals surface area contributed by atoms with Crippen molar-refractivity contribution in [3.05, 3.63) is 131 Å². The Bertz CT molecular complexity index is 1660. The highest BCUT2D eigenvalue weighted by atomic mass is 35.5. The van der Waals surface area contributed by atoms with E-state index < -0.39 is 5.82 Å². The molecule has 0 saturated heterocycles. The summed E-state index contributed by atoms with van der Waals surface area (Å²) in [5, 5.41) is 11.2. The summed E-state index contributed by atoms with van der Waals surface area (Å²) in [4.78, 5) is 7.97. The molecular formula is C29H23ClF2N6. The van der Waals surface area contributed by atoms with Crippen LogP contribution in [0.4, 0.5) is 8.78 Å². The molecule has 0 radical (unpaired) electrons. The molecule has 2 aromatic heterocycles. The molecule has 0 saturated carbocycles. The van der Waals surface area contributed by atoms with Crippen molar-refractivity contribution in [1.82, 2.24) is 30.2 Å². The predicted octanol–water partition coefficient (Wildman–Crippen LogP) is 7.01. The first-order valence-electron chi connectivity index (χ1n) is 11.9. The fourth-order valence-electron chi connectivity index (χ4n) is 4.33. The fourth-order valence-corrected chi connectivity index (χ4v) is 4.49. The van der Waals surface area contributed by atoms with Gasteiger partial charge in [0.15, 0.2) is 5.82 Å². The fraction of sp³-hybridized carbons (Fsp3) is 0.103. The minimum atomic E-state index is -0.580. The summed E-state index contributed by atoms with van der Waals surface area (Å²) in [6.45, 7) is 6.13. The van der Waals surface area contributed by atoms with E-state index in [4.69, 9.17) is 11.6 Å². The number of benzene rings is 3. The molecule has 9 heteroatoms. The maximum atomic E-state index is 15.3. The first kappa shape index (κ1) is 25.2. The van der Waals surface area contributed by atoms with Crippen LogP contribution < -0.4 is 0 Å². The number of nitrogens with one attached hydrogen (secondary N) is 1. The topological polar surface area (TPSA) is 72.3 Å². The number of aromatic nitrogens is 6. The summed E-state index contributed by atoms with van der Waals surface area (Å²) in [7, 11) is 0. The Morgan fingerprint density at radius 3 is 2.66 bits per heavy atom. The maximum Gasteiger partial charge on any atom is 0.151 e. The summed E-state index contributed by atoms with van der Waals surface area (Å²) < 4.78 is 30.5. The summed E-state index contributed by atoms with van der Waals surface area (Å²) in [6.07, 6.45) is 7.40. The average molecular weight is 529 g/mol. The monoisotopic (exact) mass is 528 g/mol. The quantitative estimate of drug-likeness (QED) is 0.220. The number of fused-ring (bicyclic) bond motifs is 1. The van der Waals surface area contributed by atoms with E-state index in [0.29, 0.717) is 29.0 Å². The van der Waals surface area contributed by atoms with Gasteiger partial charge in [-0.05, 0) is 64.7 Å². The average Bonchev–Trinajstić information content (AvgIpc) is 3.60. The second-order valence-electron chi connectivity index (χ2n) is 8.69. The maximum absolute atomic E-state index is 15.3. The van der Waals surface area contributed by atoms with Crippen LogP contribution in [-0.2, 0) is 6.42 Å². The number of rotatable bonds is 8. The zero-order chi connectivity index (χ0) is 26.6. The van der Waals surface area contributed by atoms with E-state index in [1.807, 2.05) is 36.4 Å². The largest absolute Gasteiger partial charge is 0.341 e. The molecule has 38 heavy (non-hydrogen) atoms. The molecule has 0 aliphatic heterocycles. The van der Waals surface area contributed by atoms with Crippen molar-refractivity contribution in [2.45, 2.75) is 19.3 Å². The van der Waals surface area contributed by atoms with E-state index >= 15 is 4.39 Å². The molecule has 0 spiro atoms. The molecule has 0 fully saturated rings. The molecule has 2 heterocycles. The van der Waals surface area contributed by atoms with Crippen molar-refractivity contribution in [2.75, 3.05) is 0 Å². The zero-order valence-corrected chi connectivity index (χ0v) is 21.2. The number of halogens is 3. The number of hydrogen-bond acceptors (Lipinski definition) is 4. The van der Waals surface area contributed by atoms with Crippen LogP contribution in [-0.4, -0.2) is 30.2 Å². The Balaban J connectivity index is 1.52. The third kappa shape index (κ3) is 5.17. The molecule has 0 aliphatic rings. The van der Waals surface area contributed by atoms with Gasteiger partial charge in [-0.15, -0.1) is 5.10 Å². The van der Waals surface area contributed by atoms with Gasteiger partial charge in [-0.2, -0.15) is 4.68 Å². The van der Waals surface area contributed by atoms with Crippen LogP contribution in [0.2, 0.25) is 5.02 Å². The smallest absolute Gasteiger partial charge is 0.151 e. The lowest BCUT2D eigenvalue weighted by molar-refractivity contribution is 0.621. The Kier molecular flexibility index (Phi) is 7.24. The van der Waals surface area contributed by atoms with Crippen LogP contribution >= 0.6 is 11.6 Å². The SMILES string of the molecule is C=C(/C=C\C(=C/C)c1c(-n2cnnn2)ccc(Cl)c1F)[C@H](Cc1ccccc1)c1nc2cc(F)ccc2[nH]1. The van der Waals surface area contributed by atoms with Gasteiger partial charge in [-0.25, -0.2) is 13.8 Å². The Morgan fingerprint density at radius 2 is 1.92 bits per heavy atom. The molecule has 5 rings (SSSR count). The van der Waals surface area contributed by atoms with E-state index in [9.17, 15) is 4.39 Å². The van der Waals surface area contributed by atoms with E-state index in [2.05, 4.69) is 32.1 Å². The van der Waals surface area contributed by atoms with Gasteiger partial charge in [0, 0.05) is 17.5 Å². The van der Waals surface area contributed by atoms with Crippen molar-refractivity contribution >= 4 is 28.2 Å². The van der Waals surface area contributed by atoms with Gasteiger partial charge in [0.2, 0.25) is 0 Å². The highest BCUT2D eigenvalue weighted by Crippen LogP contribution is 2.33. The second kappa shape index (κ2) is 10.9. The number of tetrazole rings is 1. The highest BCUT2D eigenvalue weighted by molar-refractivity contribution is 6.31. The normalized spacial score (nSPS) is 12.9. The van der Waals surface area contributed by atoms with E-state index in [1.165, 1.54) is 29.2 Å². The van der Waals surface area contributed by atoms with Crippen LogP contribution in [0.5, 0.6) is 0 Å². The van der Waals surface area contributed by atoms with Gasteiger partial charge < -0.3 is 4.98 Å². The minimum absolute atomic E-state index is 0.0140. The van der Waals surface area contributed by atoms with Crippen LogP contribution in [0.3, 0.4) is 0 Å². The Labute approximate surface area is 223 Å². The molecule has 3 aromatic carbocycles. The number of hydrogen-bond donors (Lipinski definition) is 1. The molecule has 1 N–H and O–H groups in total. The molecule has 0 amide bonds. The number of nitrogens with zero attached hydrogens (tertiary/aromatic N) is 5. The summed E-state index contributed by atoms with van der Waals surface area (Å²) in [5.41, 5.74) is 4.37. The summed E-state index contributed by atoms with van der Waals surface area (Å²) in [5.74, 6) is -0.517. The zero-order valence-electron chi connectivity index (χ0n) is 20.4. The first-order chi connectivity index (χ1) is 18.4. The van der Waals surface area contributed by atoms with Crippen LogP contribution in [0.25, 0.3) is 22.3 Å². The van der Waals surface area contributed by atoms with Crippen LogP contribution in [0.15, 0.2) is 97.4 Å². The molecule has 0 bridgehead atoms. The summed E-state index contributed by atoms with van der Waals surface area (Å²) in [6, 6.07) is 17.5. The molecule has 190 valence electrons. The van der Waals surface area contributed by atoms with Crippen molar-refractivity contribution in [3.63, 3.8) is 0 Å². The Hall–Kier alpha value is -4.43. The molecule has 1 atom stereocenters. The third-order valence-corrected chi connectivity index (χ3v) is 6.56. The van der Waals surface area contributed by atoms with E-state index in [-0.39, 0.29) is 22.3 Å². The van der Waals surface area contributed by atoms with E-state index in [1.54, 1.807) is 31.2 Å². The first-order valence-corrected chi connectivity index (χ1v) is 12.3. The summed E-state index contributed by atoms with van der Waals surface area (Å²) >= 11 is 6.14. The standard InChI is InChI=1S/C29H23ClF2N6/c1-3-20(27-26(38-17-33-36-37-38)14-12-23(30)28(27)32)10-9-18(2)22(15-19-7-5-4-6-8-19)29-34-24-13-11-21(31)16-25(24)35-29/h3-14,16-17,22H,2,15H2,1H3,(H,34,35)/b10-9-,20-3+/t22-/m0/s1. The van der Waals surface area contributed by atoms with Gasteiger partial charge in [0.1, 0.15) is 18.0 Å². The number of H-pyrrole nitrogens is 1. The molecule has 6 nitrogen and oxygen atoms in total. The van der Waals surface area contributed by atoms with Crippen molar-refractivity contribution in [1.29, 1.82) is 0 Å². The lowest BCUT2D eigenvalue weighted by Gasteiger charge is -2.16. The van der Waals surface area contributed by atoms with E-state index in [0.717, 1.165) is 16.7 Å². The lowest BCUT2D eigenvalue weighted by Crippen LogP contribution is -2.07. The van der Waals surface area contributed by atoms with Crippen LogP contribution in [0.1, 0.15) is 29.8 Å². The second-order valence-corrected chi connectivity index (χ2v) is 9.10. The molecule has 0 aliphatic carbocycles. The van der Waals surface area contributed by atoms with Gasteiger partial charge >= 0.3 is 0 Å². The minimum Gasteiger partial charge on any atom is -0.341 e. The lowest BCUT2D eigenvalue weighted by atomic mass is 9.90. The van der Waals surface area contributed by atoms with Crippen molar-refractivity contribution < 1.29 is 8.78 Å². The number of allylic oxidation sites excluding steroid dienone is 5. The molecule has 0 unspecified atom stereocenters. The third-order valence-electron chi connectivity index (χ3n) is 6.27. The number of imidazole rings is 1. The molecule has 5 aromatic rings. The van der Waals surface area contributed by atoms with Crippen LogP contribution in [0, 0.1) is 11.6 Å². The Morgan fingerprint density at radius 1 is 1.11 bits per heavy atom. The highest BCUT2D eigenvalue weighted by Gasteiger charge is 2.21. The van der Waals surface area contributed by atoms with Gasteiger partial charge in [0.25, 0.3) is 0 Å². The predicted molar refractivity (Wildman–Crippen MR) is 145 cm³/mol. The molecular weight excluding hydrogens is 506 g/mol. The van der Waals surface area contributed by atoms with Crippen molar-refractivity contribution in [2.24, 2.45) is 0 Å². The van der Waals surface area contributed by atoms with Gasteiger partial charge in [-0.3, -0.25) is 0 Å². The van der Waals surface area contributed by atoms with Gasteiger partial charge in [0.05, 0.1) is 21.7 Å². The van der Waals surface area contributed by atoms with Crippen molar-refractivity contribution in [3.8, 4) is 5.69 Å². The van der Waals surface area contributed by atoms with Gasteiger partial charge in [-0.1, -0.05) is 66.7 Å². The number of aromatic amines is 1.